The SMILES string of the molecule is CCCc1c(NC)ncnc1Nc1ccc(F)cc1I. The molecule has 0 amide bonds. The van der Waals surface area contributed by atoms with E-state index in [0.29, 0.717) is 0 Å². The van der Waals surface area contributed by atoms with Crippen LogP contribution in [0.3, 0.4) is 0 Å². The minimum absolute atomic E-state index is 0.243. The highest BCUT2D eigenvalue weighted by atomic mass is 127. The molecule has 0 aliphatic rings. The van der Waals surface area contributed by atoms with Crippen LogP contribution >= 0.6 is 22.6 Å². The number of halogens is 2. The van der Waals surface area contributed by atoms with E-state index in [1.807, 2.05) is 7.05 Å². The summed E-state index contributed by atoms with van der Waals surface area (Å²) in [5.41, 5.74) is 1.88. The Labute approximate surface area is 131 Å². The quantitative estimate of drug-likeness (QED) is 0.764. The van der Waals surface area contributed by atoms with Crippen LogP contribution in [-0.4, -0.2) is 17.0 Å². The lowest BCUT2D eigenvalue weighted by Gasteiger charge is -2.14. The second-order valence-electron chi connectivity index (χ2n) is 4.30. The number of anilines is 3. The molecular weight excluding hydrogens is 370 g/mol. The van der Waals surface area contributed by atoms with Crippen molar-refractivity contribution in [1.29, 1.82) is 0 Å². The van der Waals surface area contributed by atoms with Crippen LogP contribution in [0.2, 0.25) is 0 Å². The maximum absolute atomic E-state index is 13.1. The van der Waals surface area contributed by atoms with Crippen molar-refractivity contribution in [2.45, 2.75) is 19.8 Å². The zero-order valence-corrected chi connectivity index (χ0v) is 13.5. The van der Waals surface area contributed by atoms with E-state index >= 15 is 0 Å². The van der Waals surface area contributed by atoms with Crippen LogP contribution in [0.25, 0.3) is 0 Å². The van der Waals surface area contributed by atoms with Gasteiger partial charge in [0, 0.05) is 16.2 Å². The molecule has 0 saturated carbocycles. The van der Waals surface area contributed by atoms with Crippen molar-refractivity contribution in [3.63, 3.8) is 0 Å². The number of nitrogens with one attached hydrogen (secondary N) is 2. The Morgan fingerprint density at radius 3 is 2.65 bits per heavy atom. The fourth-order valence-corrected chi connectivity index (χ4v) is 2.55. The molecule has 106 valence electrons. The van der Waals surface area contributed by atoms with Crippen molar-refractivity contribution < 1.29 is 4.39 Å². The maximum Gasteiger partial charge on any atom is 0.139 e. The molecule has 0 atom stereocenters. The van der Waals surface area contributed by atoms with Crippen LogP contribution in [-0.2, 0) is 6.42 Å². The Balaban J connectivity index is 2.37. The number of benzene rings is 1. The van der Waals surface area contributed by atoms with Crippen molar-refractivity contribution in [1.82, 2.24) is 9.97 Å². The molecule has 0 unspecified atom stereocenters. The van der Waals surface area contributed by atoms with Gasteiger partial charge < -0.3 is 10.6 Å². The van der Waals surface area contributed by atoms with Gasteiger partial charge in [-0.3, -0.25) is 0 Å². The predicted molar refractivity (Wildman–Crippen MR) is 88.0 cm³/mol. The highest BCUT2D eigenvalue weighted by Crippen LogP contribution is 2.27. The van der Waals surface area contributed by atoms with Gasteiger partial charge in [0.25, 0.3) is 0 Å². The van der Waals surface area contributed by atoms with Gasteiger partial charge in [0.05, 0.1) is 5.69 Å². The summed E-state index contributed by atoms with van der Waals surface area (Å²) >= 11 is 2.10. The molecule has 20 heavy (non-hydrogen) atoms. The second-order valence-corrected chi connectivity index (χ2v) is 5.46. The van der Waals surface area contributed by atoms with Crippen LogP contribution in [0.4, 0.5) is 21.7 Å². The number of hydrogen-bond acceptors (Lipinski definition) is 4. The fraction of sp³-hybridized carbons (Fsp3) is 0.286. The molecule has 0 fully saturated rings. The lowest BCUT2D eigenvalue weighted by molar-refractivity contribution is 0.627. The molecule has 1 heterocycles. The van der Waals surface area contributed by atoms with Crippen molar-refractivity contribution in [2.24, 2.45) is 0 Å². The van der Waals surface area contributed by atoms with Crippen molar-refractivity contribution in [2.75, 3.05) is 17.7 Å². The predicted octanol–water partition coefficient (Wildman–Crippen LogP) is 3.96. The van der Waals surface area contributed by atoms with Crippen LogP contribution in [0.1, 0.15) is 18.9 Å². The summed E-state index contributed by atoms with van der Waals surface area (Å²) < 4.78 is 14.0. The highest BCUT2D eigenvalue weighted by molar-refractivity contribution is 14.1. The first-order valence-corrected chi connectivity index (χ1v) is 7.47. The van der Waals surface area contributed by atoms with E-state index in [1.165, 1.54) is 18.5 Å². The van der Waals surface area contributed by atoms with Gasteiger partial charge in [-0.05, 0) is 47.2 Å². The third kappa shape index (κ3) is 3.36. The van der Waals surface area contributed by atoms with Crippen molar-refractivity contribution >= 4 is 39.9 Å². The van der Waals surface area contributed by atoms with E-state index in [-0.39, 0.29) is 5.82 Å². The van der Waals surface area contributed by atoms with Gasteiger partial charge in [0.1, 0.15) is 23.8 Å². The molecule has 2 aromatic rings. The van der Waals surface area contributed by atoms with E-state index in [9.17, 15) is 4.39 Å². The monoisotopic (exact) mass is 386 g/mol. The second kappa shape index (κ2) is 6.83. The molecule has 2 N–H and O–H groups in total. The molecule has 6 heteroatoms. The topological polar surface area (TPSA) is 49.8 Å². The van der Waals surface area contributed by atoms with Gasteiger partial charge in [0.2, 0.25) is 0 Å². The summed E-state index contributed by atoms with van der Waals surface area (Å²) in [5.74, 6) is 1.34. The summed E-state index contributed by atoms with van der Waals surface area (Å²) in [4.78, 5) is 8.54. The van der Waals surface area contributed by atoms with Crippen LogP contribution in [0, 0.1) is 9.39 Å². The molecule has 0 aliphatic carbocycles. The summed E-state index contributed by atoms with van der Waals surface area (Å²) in [5, 5.41) is 6.34. The zero-order valence-electron chi connectivity index (χ0n) is 11.4. The first-order valence-electron chi connectivity index (χ1n) is 6.39. The molecular formula is C14H16FIN4. The summed E-state index contributed by atoms with van der Waals surface area (Å²) in [6.07, 6.45) is 3.39. The van der Waals surface area contributed by atoms with E-state index in [0.717, 1.165) is 39.3 Å². The van der Waals surface area contributed by atoms with E-state index in [2.05, 4.69) is 50.1 Å². The van der Waals surface area contributed by atoms with Crippen LogP contribution in [0.15, 0.2) is 24.5 Å². The van der Waals surface area contributed by atoms with Crippen molar-refractivity contribution in [3.05, 3.63) is 39.5 Å². The number of rotatable bonds is 5. The summed E-state index contributed by atoms with van der Waals surface area (Å²) in [6, 6.07) is 4.64. The molecule has 4 nitrogen and oxygen atoms in total. The molecule has 1 aromatic heterocycles. The third-order valence-electron chi connectivity index (χ3n) is 2.87. The number of nitrogens with zero attached hydrogens (tertiary/aromatic N) is 2. The third-order valence-corrected chi connectivity index (χ3v) is 3.76. The highest BCUT2D eigenvalue weighted by Gasteiger charge is 2.11. The van der Waals surface area contributed by atoms with Gasteiger partial charge in [0.15, 0.2) is 0 Å². The summed E-state index contributed by atoms with van der Waals surface area (Å²) in [6.45, 7) is 2.11. The van der Waals surface area contributed by atoms with Crippen LogP contribution in [0.5, 0.6) is 0 Å². The molecule has 0 saturated heterocycles. The minimum atomic E-state index is -0.243. The van der Waals surface area contributed by atoms with Gasteiger partial charge in [-0.1, -0.05) is 13.3 Å². The molecule has 0 bridgehead atoms. The Bertz CT molecular complexity index is 604. The van der Waals surface area contributed by atoms with E-state index in [1.54, 1.807) is 6.07 Å². The first kappa shape index (κ1) is 15.0. The lowest BCUT2D eigenvalue weighted by Crippen LogP contribution is -2.06. The Hall–Kier alpha value is -1.44. The smallest absolute Gasteiger partial charge is 0.139 e. The van der Waals surface area contributed by atoms with E-state index in [4.69, 9.17) is 0 Å². The lowest BCUT2D eigenvalue weighted by atomic mass is 10.1. The van der Waals surface area contributed by atoms with Gasteiger partial charge in [-0.2, -0.15) is 0 Å². The average molecular weight is 386 g/mol. The Morgan fingerprint density at radius 2 is 2.00 bits per heavy atom. The standard InChI is InChI=1S/C14H16FIN4/c1-3-4-10-13(17-2)18-8-19-14(10)20-12-6-5-9(15)7-11(12)16/h5-8H,3-4H2,1-2H3,(H2,17,18,19,20). The number of aromatic nitrogens is 2. The van der Waals surface area contributed by atoms with Gasteiger partial charge in [-0.15, -0.1) is 0 Å². The molecule has 0 radical (unpaired) electrons. The van der Waals surface area contributed by atoms with Crippen LogP contribution < -0.4 is 10.6 Å². The van der Waals surface area contributed by atoms with E-state index < -0.39 is 0 Å². The largest absolute Gasteiger partial charge is 0.373 e. The first-order chi connectivity index (χ1) is 9.65. The maximum atomic E-state index is 13.1. The Morgan fingerprint density at radius 1 is 1.25 bits per heavy atom. The molecule has 2 rings (SSSR count). The minimum Gasteiger partial charge on any atom is -0.373 e. The van der Waals surface area contributed by atoms with Gasteiger partial charge >= 0.3 is 0 Å². The fourth-order valence-electron chi connectivity index (χ4n) is 1.94. The molecule has 0 spiro atoms. The zero-order chi connectivity index (χ0) is 14.5. The Kier molecular flexibility index (Phi) is 5.11. The number of hydrogen-bond donors (Lipinski definition) is 2. The molecule has 0 aliphatic heterocycles. The van der Waals surface area contributed by atoms with Crippen molar-refractivity contribution in [3.8, 4) is 0 Å². The molecule has 1 aromatic carbocycles. The normalized spacial score (nSPS) is 10.4. The van der Waals surface area contributed by atoms with Gasteiger partial charge in [-0.25, -0.2) is 14.4 Å². The average Bonchev–Trinajstić information content (AvgIpc) is 2.43. The summed E-state index contributed by atoms with van der Waals surface area (Å²) in [7, 11) is 1.84.